The highest BCUT2D eigenvalue weighted by Crippen LogP contribution is 2.38. The van der Waals surface area contributed by atoms with Gasteiger partial charge in [-0.2, -0.15) is 0 Å². The molecule has 9 heteroatoms. The van der Waals surface area contributed by atoms with Crippen molar-refractivity contribution in [3.8, 4) is 27.8 Å². The van der Waals surface area contributed by atoms with Gasteiger partial charge in [0.1, 0.15) is 5.01 Å². The summed E-state index contributed by atoms with van der Waals surface area (Å²) in [5, 5.41) is 11.9. The predicted octanol–water partition coefficient (Wildman–Crippen LogP) is 2.88. The molecule has 1 N–H and O–H groups in total. The summed E-state index contributed by atoms with van der Waals surface area (Å²) < 4.78 is 15.8. The SMILES string of the molecule is COc1cc(C(=O)Nc2nnc(-c3ccncc3)s2)cc(OC)c1OC. The zero-order valence-corrected chi connectivity index (χ0v) is 15.2. The standard InChI is InChI=1S/C17H16N4O4S/c1-23-12-8-11(9-13(24-2)14(12)25-3)15(22)19-17-21-20-16(26-17)10-4-6-18-7-5-10/h4-9H,1-3H3,(H,19,21,22). The average molecular weight is 372 g/mol. The maximum absolute atomic E-state index is 12.6. The van der Waals surface area contributed by atoms with Crippen LogP contribution in [0.25, 0.3) is 10.6 Å². The number of aromatic nitrogens is 3. The lowest BCUT2D eigenvalue weighted by atomic mass is 10.1. The van der Waals surface area contributed by atoms with Gasteiger partial charge < -0.3 is 14.2 Å². The number of benzene rings is 1. The molecule has 0 unspecified atom stereocenters. The van der Waals surface area contributed by atoms with E-state index < -0.39 is 0 Å². The second kappa shape index (κ2) is 7.79. The second-order valence-electron chi connectivity index (χ2n) is 5.02. The summed E-state index contributed by atoms with van der Waals surface area (Å²) in [7, 11) is 4.48. The number of pyridine rings is 1. The fourth-order valence-corrected chi connectivity index (χ4v) is 3.01. The third-order valence-electron chi connectivity index (χ3n) is 3.50. The number of ether oxygens (including phenoxy) is 3. The van der Waals surface area contributed by atoms with Gasteiger partial charge in [-0.15, -0.1) is 10.2 Å². The van der Waals surface area contributed by atoms with Crippen LogP contribution >= 0.6 is 11.3 Å². The monoisotopic (exact) mass is 372 g/mol. The van der Waals surface area contributed by atoms with Gasteiger partial charge in [0, 0.05) is 23.5 Å². The molecular formula is C17H16N4O4S. The Balaban J connectivity index is 1.83. The van der Waals surface area contributed by atoms with Crippen molar-refractivity contribution in [3.63, 3.8) is 0 Å². The second-order valence-corrected chi connectivity index (χ2v) is 5.99. The first-order valence-corrected chi connectivity index (χ1v) is 8.33. The quantitative estimate of drug-likeness (QED) is 0.711. The number of hydrogen-bond acceptors (Lipinski definition) is 8. The van der Waals surface area contributed by atoms with Crippen molar-refractivity contribution >= 4 is 22.4 Å². The van der Waals surface area contributed by atoms with E-state index in [2.05, 4.69) is 20.5 Å². The Morgan fingerprint density at radius 2 is 1.65 bits per heavy atom. The molecule has 0 saturated carbocycles. The third kappa shape index (κ3) is 3.57. The van der Waals surface area contributed by atoms with Gasteiger partial charge in [0.05, 0.1) is 21.3 Å². The van der Waals surface area contributed by atoms with Gasteiger partial charge in [-0.05, 0) is 24.3 Å². The molecule has 3 aromatic rings. The van der Waals surface area contributed by atoms with Crippen LogP contribution in [0.1, 0.15) is 10.4 Å². The molecule has 0 atom stereocenters. The molecule has 8 nitrogen and oxygen atoms in total. The number of anilines is 1. The van der Waals surface area contributed by atoms with E-state index in [1.54, 1.807) is 24.5 Å². The summed E-state index contributed by atoms with van der Waals surface area (Å²) in [6.07, 6.45) is 3.34. The van der Waals surface area contributed by atoms with Crippen LogP contribution < -0.4 is 19.5 Å². The lowest BCUT2D eigenvalue weighted by Crippen LogP contribution is -2.12. The highest BCUT2D eigenvalue weighted by Gasteiger charge is 2.18. The molecule has 0 aliphatic heterocycles. The topological polar surface area (TPSA) is 95.5 Å². The predicted molar refractivity (Wildman–Crippen MR) is 97.2 cm³/mol. The number of nitrogens with zero attached hydrogens (tertiary/aromatic N) is 3. The zero-order chi connectivity index (χ0) is 18.5. The molecule has 0 saturated heterocycles. The highest BCUT2D eigenvalue weighted by atomic mass is 32.1. The first kappa shape index (κ1) is 17.6. The van der Waals surface area contributed by atoms with E-state index in [1.807, 2.05) is 12.1 Å². The Labute approximate surface area is 153 Å². The molecule has 0 fully saturated rings. The first-order valence-electron chi connectivity index (χ1n) is 7.51. The maximum Gasteiger partial charge on any atom is 0.257 e. The van der Waals surface area contributed by atoms with Crippen molar-refractivity contribution in [1.29, 1.82) is 0 Å². The van der Waals surface area contributed by atoms with Gasteiger partial charge in [0.2, 0.25) is 10.9 Å². The van der Waals surface area contributed by atoms with Gasteiger partial charge in [0.15, 0.2) is 11.5 Å². The normalized spacial score (nSPS) is 10.3. The van der Waals surface area contributed by atoms with Gasteiger partial charge in [-0.1, -0.05) is 11.3 Å². The number of carbonyl (C=O) groups excluding carboxylic acids is 1. The van der Waals surface area contributed by atoms with Gasteiger partial charge in [0.25, 0.3) is 5.91 Å². The molecule has 1 amide bonds. The van der Waals surface area contributed by atoms with Gasteiger partial charge in [-0.3, -0.25) is 15.1 Å². The van der Waals surface area contributed by atoms with Crippen molar-refractivity contribution in [2.45, 2.75) is 0 Å². The lowest BCUT2D eigenvalue weighted by molar-refractivity contribution is 0.102. The summed E-state index contributed by atoms with van der Waals surface area (Å²) >= 11 is 1.27. The average Bonchev–Trinajstić information content (AvgIpc) is 3.15. The minimum Gasteiger partial charge on any atom is -0.493 e. The fraction of sp³-hybridized carbons (Fsp3) is 0.176. The van der Waals surface area contributed by atoms with E-state index in [9.17, 15) is 4.79 Å². The summed E-state index contributed by atoms with van der Waals surface area (Å²) in [6, 6.07) is 6.79. The fourth-order valence-electron chi connectivity index (χ4n) is 2.27. The highest BCUT2D eigenvalue weighted by molar-refractivity contribution is 7.18. The van der Waals surface area contributed by atoms with E-state index in [1.165, 1.54) is 32.7 Å². The van der Waals surface area contributed by atoms with Gasteiger partial charge in [-0.25, -0.2) is 0 Å². The van der Waals surface area contributed by atoms with Crippen molar-refractivity contribution < 1.29 is 19.0 Å². The number of carbonyl (C=O) groups is 1. The van der Waals surface area contributed by atoms with E-state index in [4.69, 9.17) is 14.2 Å². The van der Waals surface area contributed by atoms with Crippen LogP contribution in [0.3, 0.4) is 0 Å². The molecule has 2 heterocycles. The molecule has 0 radical (unpaired) electrons. The molecule has 26 heavy (non-hydrogen) atoms. The van der Waals surface area contributed by atoms with E-state index in [0.29, 0.717) is 33.0 Å². The molecule has 0 bridgehead atoms. The van der Waals surface area contributed by atoms with E-state index >= 15 is 0 Å². The van der Waals surface area contributed by atoms with E-state index in [0.717, 1.165) is 5.56 Å². The van der Waals surface area contributed by atoms with Crippen LogP contribution in [0.4, 0.5) is 5.13 Å². The van der Waals surface area contributed by atoms with Crippen LogP contribution in [0.5, 0.6) is 17.2 Å². The lowest BCUT2D eigenvalue weighted by Gasteiger charge is -2.13. The number of nitrogens with one attached hydrogen (secondary N) is 1. The van der Waals surface area contributed by atoms with Crippen LogP contribution in [-0.4, -0.2) is 42.4 Å². The number of amides is 1. The minimum absolute atomic E-state index is 0.347. The van der Waals surface area contributed by atoms with Crippen LogP contribution in [-0.2, 0) is 0 Å². The Morgan fingerprint density at radius 1 is 1.00 bits per heavy atom. The Hall–Kier alpha value is -3.20. The molecule has 0 spiro atoms. The van der Waals surface area contributed by atoms with Crippen LogP contribution in [0.2, 0.25) is 0 Å². The summed E-state index contributed by atoms with van der Waals surface area (Å²) in [4.78, 5) is 16.5. The number of methoxy groups -OCH3 is 3. The summed E-state index contributed by atoms with van der Waals surface area (Å²) in [5.41, 5.74) is 1.23. The van der Waals surface area contributed by atoms with Crippen LogP contribution in [0.15, 0.2) is 36.7 Å². The first-order chi connectivity index (χ1) is 12.7. The molecular weight excluding hydrogens is 356 g/mol. The number of rotatable bonds is 6. The van der Waals surface area contributed by atoms with E-state index in [-0.39, 0.29) is 5.91 Å². The van der Waals surface area contributed by atoms with Gasteiger partial charge >= 0.3 is 0 Å². The molecule has 0 aliphatic carbocycles. The van der Waals surface area contributed by atoms with Crippen LogP contribution in [0, 0.1) is 0 Å². The maximum atomic E-state index is 12.6. The molecule has 3 rings (SSSR count). The molecule has 2 aromatic heterocycles. The number of hydrogen-bond donors (Lipinski definition) is 1. The summed E-state index contributed by atoms with van der Waals surface area (Å²) in [5.74, 6) is 0.850. The smallest absolute Gasteiger partial charge is 0.257 e. The third-order valence-corrected chi connectivity index (χ3v) is 4.39. The molecule has 0 aliphatic rings. The Kier molecular flexibility index (Phi) is 5.28. The molecule has 1 aromatic carbocycles. The Morgan fingerprint density at radius 3 is 2.23 bits per heavy atom. The minimum atomic E-state index is -0.360. The van der Waals surface area contributed by atoms with Crippen molar-refractivity contribution in [1.82, 2.24) is 15.2 Å². The Bertz CT molecular complexity index is 889. The van der Waals surface area contributed by atoms with Crippen molar-refractivity contribution in [2.24, 2.45) is 0 Å². The summed E-state index contributed by atoms with van der Waals surface area (Å²) in [6.45, 7) is 0. The van der Waals surface area contributed by atoms with Crippen molar-refractivity contribution in [3.05, 3.63) is 42.2 Å². The largest absolute Gasteiger partial charge is 0.493 e. The molecule has 134 valence electrons. The zero-order valence-electron chi connectivity index (χ0n) is 14.3. The van der Waals surface area contributed by atoms with Crippen molar-refractivity contribution in [2.75, 3.05) is 26.6 Å².